The van der Waals surface area contributed by atoms with E-state index in [4.69, 9.17) is 9.47 Å². The van der Waals surface area contributed by atoms with Gasteiger partial charge < -0.3 is 14.6 Å². The fourth-order valence-electron chi connectivity index (χ4n) is 2.16. The number of phenolic OH excluding ortho intramolecular Hbond substituents is 1. The highest BCUT2D eigenvalue weighted by Crippen LogP contribution is 2.31. The van der Waals surface area contributed by atoms with Gasteiger partial charge in [-0.15, -0.1) is 0 Å². The standard InChI is InChI=1S/C13H15N3O3/c1-18-11-7-8(4-5-9(11)17)12-14-13(16-15-12)10-3-2-6-19-10/h4-5,7,10,17H,2-3,6H2,1H3,(H,14,15,16)/t10-/m1/s1. The predicted octanol–water partition coefficient (Wildman–Crippen LogP) is 2.04. The maximum Gasteiger partial charge on any atom is 0.181 e. The second kappa shape index (κ2) is 4.89. The molecule has 1 aromatic heterocycles. The molecule has 100 valence electrons. The van der Waals surface area contributed by atoms with Crippen molar-refractivity contribution in [3.63, 3.8) is 0 Å². The van der Waals surface area contributed by atoms with Gasteiger partial charge in [0.25, 0.3) is 0 Å². The van der Waals surface area contributed by atoms with Gasteiger partial charge in [0.1, 0.15) is 6.10 Å². The summed E-state index contributed by atoms with van der Waals surface area (Å²) in [5.41, 5.74) is 0.787. The van der Waals surface area contributed by atoms with E-state index in [9.17, 15) is 5.11 Å². The number of aromatic nitrogens is 3. The largest absolute Gasteiger partial charge is 0.504 e. The fraction of sp³-hybridized carbons (Fsp3) is 0.385. The fourth-order valence-corrected chi connectivity index (χ4v) is 2.16. The van der Waals surface area contributed by atoms with E-state index in [1.54, 1.807) is 18.2 Å². The Morgan fingerprint density at radius 3 is 3.11 bits per heavy atom. The van der Waals surface area contributed by atoms with Crippen molar-refractivity contribution in [2.24, 2.45) is 0 Å². The van der Waals surface area contributed by atoms with Crippen LogP contribution in [0.15, 0.2) is 18.2 Å². The number of H-pyrrole nitrogens is 1. The Hall–Kier alpha value is -2.08. The zero-order chi connectivity index (χ0) is 13.2. The molecule has 1 aliphatic heterocycles. The van der Waals surface area contributed by atoms with E-state index in [1.165, 1.54) is 7.11 Å². The van der Waals surface area contributed by atoms with Gasteiger partial charge in [0.15, 0.2) is 23.1 Å². The van der Waals surface area contributed by atoms with E-state index < -0.39 is 0 Å². The number of methoxy groups -OCH3 is 1. The van der Waals surface area contributed by atoms with Crippen LogP contribution in [0.4, 0.5) is 0 Å². The van der Waals surface area contributed by atoms with Crippen molar-refractivity contribution in [3.05, 3.63) is 24.0 Å². The molecule has 0 spiro atoms. The van der Waals surface area contributed by atoms with Crippen molar-refractivity contribution in [1.29, 1.82) is 0 Å². The Bertz CT molecular complexity index is 576. The van der Waals surface area contributed by atoms with Crippen molar-refractivity contribution >= 4 is 0 Å². The molecular formula is C13H15N3O3. The summed E-state index contributed by atoms with van der Waals surface area (Å²) in [7, 11) is 1.51. The van der Waals surface area contributed by atoms with Crippen LogP contribution in [0, 0.1) is 0 Å². The highest BCUT2D eigenvalue weighted by atomic mass is 16.5. The molecule has 1 aliphatic rings. The Balaban J connectivity index is 1.89. The molecule has 6 nitrogen and oxygen atoms in total. The summed E-state index contributed by atoms with van der Waals surface area (Å²) >= 11 is 0. The number of rotatable bonds is 3. The SMILES string of the molecule is COc1cc(-c2n[nH]c([C@H]3CCCO3)n2)ccc1O. The van der Waals surface area contributed by atoms with Crippen molar-refractivity contribution < 1.29 is 14.6 Å². The number of ether oxygens (including phenoxy) is 2. The highest BCUT2D eigenvalue weighted by Gasteiger charge is 2.21. The molecule has 1 saturated heterocycles. The minimum atomic E-state index is 0.0141. The number of benzene rings is 1. The van der Waals surface area contributed by atoms with E-state index in [0.717, 1.165) is 30.8 Å². The molecule has 1 atom stereocenters. The van der Waals surface area contributed by atoms with E-state index in [1.807, 2.05) is 0 Å². The maximum absolute atomic E-state index is 9.57. The molecule has 19 heavy (non-hydrogen) atoms. The van der Waals surface area contributed by atoms with Gasteiger partial charge in [-0.1, -0.05) is 0 Å². The lowest BCUT2D eigenvalue weighted by Gasteiger charge is -2.04. The number of aromatic hydroxyl groups is 1. The van der Waals surface area contributed by atoms with Gasteiger partial charge in [-0.3, -0.25) is 5.10 Å². The molecule has 0 aliphatic carbocycles. The molecule has 0 unspecified atom stereocenters. The Kier molecular flexibility index (Phi) is 3.08. The highest BCUT2D eigenvalue weighted by molar-refractivity contribution is 5.60. The van der Waals surface area contributed by atoms with Crippen LogP contribution in [0.3, 0.4) is 0 Å². The maximum atomic E-state index is 9.57. The molecule has 2 N–H and O–H groups in total. The minimum absolute atomic E-state index is 0.0141. The van der Waals surface area contributed by atoms with Gasteiger partial charge in [0.05, 0.1) is 7.11 Å². The van der Waals surface area contributed by atoms with E-state index in [-0.39, 0.29) is 11.9 Å². The summed E-state index contributed by atoms with van der Waals surface area (Å²) in [6.45, 7) is 0.772. The van der Waals surface area contributed by atoms with Crippen LogP contribution in [0.25, 0.3) is 11.4 Å². The van der Waals surface area contributed by atoms with Gasteiger partial charge in [-0.25, -0.2) is 4.98 Å². The quantitative estimate of drug-likeness (QED) is 0.883. The van der Waals surface area contributed by atoms with Crippen LogP contribution < -0.4 is 4.74 Å². The molecule has 0 radical (unpaired) electrons. The van der Waals surface area contributed by atoms with Crippen LogP contribution in [0.1, 0.15) is 24.8 Å². The first-order valence-electron chi connectivity index (χ1n) is 6.19. The van der Waals surface area contributed by atoms with Gasteiger partial charge >= 0.3 is 0 Å². The summed E-state index contributed by atoms with van der Waals surface area (Å²) in [5.74, 6) is 1.82. The molecular weight excluding hydrogens is 246 g/mol. The second-order valence-electron chi connectivity index (χ2n) is 4.43. The van der Waals surface area contributed by atoms with Crippen molar-refractivity contribution in [2.45, 2.75) is 18.9 Å². The number of aromatic amines is 1. The first-order chi connectivity index (χ1) is 9.28. The third kappa shape index (κ3) is 2.26. The number of phenols is 1. The molecule has 1 fully saturated rings. The van der Waals surface area contributed by atoms with Crippen LogP contribution in [0.2, 0.25) is 0 Å². The van der Waals surface area contributed by atoms with Crippen molar-refractivity contribution in [3.8, 4) is 22.9 Å². The Morgan fingerprint density at radius 2 is 2.37 bits per heavy atom. The number of hydrogen-bond donors (Lipinski definition) is 2. The normalized spacial score (nSPS) is 18.7. The average molecular weight is 261 g/mol. The summed E-state index contributed by atoms with van der Waals surface area (Å²) in [6.07, 6.45) is 2.03. The number of nitrogens with one attached hydrogen (secondary N) is 1. The molecule has 6 heteroatoms. The van der Waals surface area contributed by atoms with Crippen LogP contribution in [-0.2, 0) is 4.74 Å². The Labute approximate surface area is 110 Å². The lowest BCUT2D eigenvalue weighted by Crippen LogP contribution is -1.98. The average Bonchev–Trinajstić information content (AvgIpc) is 3.10. The first-order valence-corrected chi connectivity index (χ1v) is 6.19. The summed E-state index contributed by atoms with van der Waals surface area (Å²) in [5, 5.41) is 16.7. The third-order valence-corrected chi connectivity index (χ3v) is 3.18. The van der Waals surface area contributed by atoms with E-state index in [0.29, 0.717) is 11.6 Å². The minimum Gasteiger partial charge on any atom is -0.504 e. The molecule has 0 amide bonds. The number of hydrogen-bond acceptors (Lipinski definition) is 5. The van der Waals surface area contributed by atoms with Crippen LogP contribution in [0.5, 0.6) is 11.5 Å². The second-order valence-corrected chi connectivity index (χ2v) is 4.43. The first kappa shape index (κ1) is 12.0. The lowest BCUT2D eigenvalue weighted by molar-refractivity contribution is 0.105. The smallest absolute Gasteiger partial charge is 0.181 e. The van der Waals surface area contributed by atoms with Crippen LogP contribution in [-0.4, -0.2) is 34.0 Å². The van der Waals surface area contributed by atoms with E-state index >= 15 is 0 Å². The third-order valence-electron chi connectivity index (χ3n) is 3.18. The monoisotopic (exact) mass is 261 g/mol. The number of nitrogens with zero attached hydrogens (tertiary/aromatic N) is 2. The van der Waals surface area contributed by atoms with E-state index in [2.05, 4.69) is 15.2 Å². The van der Waals surface area contributed by atoms with Crippen LogP contribution >= 0.6 is 0 Å². The Morgan fingerprint density at radius 1 is 1.47 bits per heavy atom. The van der Waals surface area contributed by atoms with Crippen molar-refractivity contribution in [1.82, 2.24) is 15.2 Å². The molecule has 2 aromatic rings. The molecule has 1 aromatic carbocycles. The summed E-state index contributed by atoms with van der Waals surface area (Å²) in [4.78, 5) is 4.44. The molecule has 0 saturated carbocycles. The summed E-state index contributed by atoms with van der Waals surface area (Å²) < 4.78 is 10.6. The zero-order valence-electron chi connectivity index (χ0n) is 10.6. The van der Waals surface area contributed by atoms with Gasteiger partial charge in [-0.05, 0) is 31.0 Å². The van der Waals surface area contributed by atoms with Gasteiger partial charge in [-0.2, -0.15) is 5.10 Å². The van der Waals surface area contributed by atoms with Crippen molar-refractivity contribution in [2.75, 3.05) is 13.7 Å². The zero-order valence-corrected chi connectivity index (χ0v) is 10.6. The predicted molar refractivity (Wildman–Crippen MR) is 68.0 cm³/mol. The topological polar surface area (TPSA) is 80.3 Å². The lowest BCUT2D eigenvalue weighted by atomic mass is 10.2. The molecule has 2 heterocycles. The summed E-state index contributed by atoms with van der Waals surface area (Å²) in [6, 6.07) is 5.02. The van der Waals surface area contributed by atoms with Gasteiger partial charge in [0.2, 0.25) is 0 Å². The van der Waals surface area contributed by atoms with Gasteiger partial charge in [0, 0.05) is 12.2 Å². The molecule has 0 bridgehead atoms. The molecule has 3 rings (SSSR count).